The third-order valence-electron chi connectivity index (χ3n) is 3.23. The van der Waals surface area contributed by atoms with Crippen LogP contribution in [0.2, 0.25) is 0 Å². The van der Waals surface area contributed by atoms with Crippen molar-refractivity contribution in [2.75, 3.05) is 6.54 Å². The number of hydrogen-bond donors (Lipinski definition) is 3. The SMILES string of the molecule is CCCC(C)(NC(=O)CC1CCCN1)C(=O)O. The van der Waals surface area contributed by atoms with Crippen molar-refractivity contribution in [1.82, 2.24) is 10.6 Å². The van der Waals surface area contributed by atoms with E-state index in [4.69, 9.17) is 5.11 Å². The molecule has 1 amide bonds. The number of carboxylic acid groups (broad SMARTS) is 1. The van der Waals surface area contributed by atoms with Crippen LogP contribution in [0.1, 0.15) is 46.0 Å². The first kappa shape index (κ1) is 14.0. The second kappa shape index (κ2) is 6.00. The van der Waals surface area contributed by atoms with Crippen LogP contribution in [0, 0.1) is 0 Å². The van der Waals surface area contributed by atoms with E-state index in [1.807, 2.05) is 6.92 Å². The van der Waals surface area contributed by atoms with Gasteiger partial charge in [-0.2, -0.15) is 0 Å². The fourth-order valence-electron chi connectivity index (χ4n) is 2.24. The van der Waals surface area contributed by atoms with Gasteiger partial charge < -0.3 is 15.7 Å². The summed E-state index contributed by atoms with van der Waals surface area (Å²) in [6.07, 6.45) is 3.62. The summed E-state index contributed by atoms with van der Waals surface area (Å²) in [5.74, 6) is -1.14. The predicted molar refractivity (Wildman–Crippen MR) is 64.7 cm³/mol. The van der Waals surface area contributed by atoms with Gasteiger partial charge in [0.15, 0.2) is 0 Å². The van der Waals surface area contributed by atoms with Crippen LogP contribution in [0.15, 0.2) is 0 Å². The molecule has 0 saturated carbocycles. The quantitative estimate of drug-likeness (QED) is 0.646. The normalized spacial score (nSPS) is 23.1. The van der Waals surface area contributed by atoms with Gasteiger partial charge >= 0.3 is 5.97 Å². The highest BCUT2D eigenvalue weighted by Gasteiger charge is 2.34. The molecule has 1 heterocycles. The van der Waals surface area contributed by atoms with E-state index in [0.29, 0.717) is 12.8 Å². The molecule has 0 radical (unpaired) electrons. The summed E-state index contributed by atoms with van der Waals surface area (Å²) in [4.78, 5) is 22.9. The lowest BCUT2D eigenvalue weighted by atomic mass is 9.96. The van der Waals surface area contributed by atoms with Gasteiger partial charge in [-0.05, 0) is 32.7 Å². The molecule has 0 spiro atoms. The molecule has 0 aromatic rings. The predicted octanol–water partition coefficient (Wildman–Crippen LogP) is 0.888. The second-order valence-electron chi connectivity index (χ2n) is 4.93. The molecule has 17 heavy (non-hydrogen) atoms. The molecular weight excluding hydrogens is 220 g/mol. The highest BCUT2D eigenvalue weighted by atomic mass is 16.4. The summed E-state index contributed by atoms with van der Waals surface area (Å²) in [7, 11) is 0. The molecule has 1 fully saturated rings. The third-order valence-corrected chi connectivity index (χ3v) is 3.23. The van der Waals surface area contributed by atoms with Gasteiger partial charge in [0, 0.05) is 12.5 Å². The minimum absolute atomic E-state index is 0.178. The number of rotatable bonds is 6. The lowest BCUT2D eigenvalue weighted by molar-refractivity contribution is -0.147. The number of nitrogens with one attached hydrogen (secondary N) is 2. The molecule has 0 aromatic carbocycles. The van der Waals surface area contributed by atoms with Crippen LogP contribution >= 0.6 is 0 Å². The van der Waals surface area contributed by atoms with Crippen molar-refractivity contribution in [2.24, 2.45) is 0 Å². The minimum atomic E-state index is -1.13. The van der Waals surface area contributed by atoms with Crippen LogP contribution in [0.4, 0.5) is 0 Å². The summed E-state index contributed by atoms with van der Waals surface area (Å²) < 4.78 is 0. The van der Waals surface area contributed by atoms with Crippen LogP contribution in [-0.2, 0) is 9.59 Å². The van der Waals surface area contributed by atoms with Crippen molar-refractivity contribution in [2.45, 2.75) is 57.5 Å². The fraction of sp³-hybridized carbons (Fsp3) is 0.833. The van der Waals surface area contributed by atoms with Gasteiger partial charge in [-0.15, -0.1) is 0 Å². The van der Waals surface area contributed by atoms with Crippen LogP contribution < -0.4 is 10.6 Å². The average Bonchev–Trinajstić information content (AvgIpc) is 2.70. The van der Waals surface area contributed by atoms with Crippen molar-refractivity contribution >= 4 is 11.9 Å². The van der Waals surface area contributed by atoms with Gasteiger partial charge in [0.05, 0.1) is 0 Å². The summed E-state index contributed by atoms with van der Waals surface area (Å²) in [5.41, 5.74) is -1.13. The Kier molecular flexibility index (Phi) is 4.93. The van der Waals surface area contributed by atoms with Gasteiger partial charge in [0.2, 0.25) is 5.91 Å². The smallest absolute Gasteiger partial charge is 0.329 e. The first-order valence-corrected chi connectivity index (χ1v) is 6.25. The Balaban J connectivity index is 2.48. The first-order chi connectivity index (χ1) is 7.98. The van der Waals surface area contributed by atoms with E-state index in [1.54, 1.807) is 6.92 Å². The molecule has 5 heteroatoms. The number of amides is 1. The number of carbonyl (C=O) groups excluding carboxylic acids is 1. The van der Waals surface area contributed by atoms with Crippen molar-refractivity contribution in [3.05, 3.63) is 0 Å². The number of aliphatic carboxylic acids is 1. The highest BCUT2D eigenvalue weighted by molar-refractivity contribution is 5.86. The van der Waals surface area contributed by atoms with Gasteiger partial charge in [-0.1, -0.05) is 13.3 Å². The van der Waals surface area contributed by atoms with Crippen LogP contribution in [-0.4, -0.2) is 35.1 Å². The van der Waals surface area contributed by atoms with Gasteiger partial charge in [0.1, 0.15) is 5.54 Å². The molecule has 98 valence electrons. The minimum Gasteiger partial charge on any atom is -0.480 e. The van der Waals surface area contributed by atoms with E-state index < -0.39 is 11.5 Å². The molecule has 2 atom stereocenters. The topological polar surface area (TPSA) is 78.4 Å². The maximum atomic E-state index is 11.8. The molecule has 1 aliphatic heterocycles. The monoisotopic (exact) mass is 242 g/mol. The highest BCUT2D eigenvalue weighted by Crippen LogP contribution is 2.14. The maximum Gasteiger partial charge on any atom is 0.329 e. The second-order valence-corrected chi connectivity index (χ2v) is 4.93. The molecule has 1 aliphatic rings. The van der Waals surface area contributed by atoms with Gasteiger partial charge in [-0.25, -0.2) is 4.79 Å². The Morgan fingerprint density at radius 3 is 2.71 bits per heavy atom. The molecule has 0 aromatic heterocycles. The Hall–Kier alpha value is -1.10. The molecule has 3 N–H and O–H groups in total. The van der Waals surface area contributed by atoms with E-state index >= 15 is 0 Å². The van der Waals surface area contributed by atoms with E-state index in [0.717, 1.165) is 25.8 Å². The largest absolute Gasteiger partial charge is 0.480 e. The molecule has 1 saturated heterocycles. The lowest BCUT2D eigenvalue weighted by Crippen LogP contribution is -2.52. The number of carboxylic acids is 1. The van der Waals surface area contributed by atoms with Crippen molar-refractivity contribution in [3.8, 4) is 0 Å². The first-order valence-electron chi connectivity index (χ1n) is 6.25. The van der Waals surface area contributed by atoms with Crippen LogP contribution in [0.25, 0.3) is 0 Å². The van der Waals surface area contributed by atoms with E-state index in [-0.39, 0.29) is 11.9 Å². The molecule has 2 unspecified atom stereocenters. The number of hydrogen-bond acceptors (Lipinski definition) is 3. The van der Waals surface area contributed by atoms with Crippen molar-refractivity contribution in [1.29, 1.82) is 0 Å². The van der Waals surface area contributed by atoms with Gasteiger partial charge in [0.25, 0.3) is 0 Å². The third kappa shape index (κ3) is 4.00. The Morgan fingerprint density at radius 2 is 2.24 bits per heavy atom. The van der Waals surface area contributed by atoms with Crippen LogP contribution in [0.3, 0.4) is 0 Å². The maximum absolute atomic E-state index is 11.8. The van der Waals surface area contributed by atoms with E-state index in [2.05, 4.69) is 10.6 Å². The summed E-state index contributed by atoms with van der Waals surface area (Å²) in [6.45, 7) is 4.42. The van der Waals surface area contributed by atoms with Crippen LogP contribution in [0.5, 0.6) is 0 Å². The fourth-order valence-corrected chi connectivity index (χ4v) is 2.24. The van der Waals surface area contributed by atoms with Gasteiger partial charge in [-0.3, -0.25) is 4.79 Å². The van der Waals surface area contributed by atoms with Crippen molar-refractivity contribution in [3.63, 3.8) is 0 Å². The van der Waals surface area contributed by atoms with E-state index in [1.165, 1.54) is 0 Å². The Labute approximate surface area is 102 Å². The molecule has 0 bridgehead atoms. The Bertz CT molecular complexity index is 287. The molecule has 5 nitrogen and oxygen atoms in total. The average molecular weight is 242 g/mol. The molecule has 1 rings (SSSR count). The summed E-state index contributed by atoms with van der Waals surface area (Å²) in [5, 5.41) is 15.0. The standard InChI is InChI=1S/C12H22N2O3/c1-3-6-12(2,11(16)17)14-10(15)8-9-5-4-7-13-9/h9,13H,3-8H2,1-2H3,(H,14,15)(H,16,17). The van der Waals surface area contributed by atoms with Crippen molar-refractivity contribution < 1.29 is 14.7 Å². The zero-order valence-electron chi connectivity index (χ0n) is 10.6. The molecule has 0 aliphatic carbocycles. The zero-order valence-corrected chi connectivity index (χ0v) is 10.6. The Morgan fingerprint density at radius 1 is 1.53 bits per heavy atom. The number of carbonyl (C=O) groups is 2. The zero-order chi connectivity index (χ0) is 12.9. The lowest BCUT2D eigenvalue weighted by Gasteiger charge is -2.26. The molecular formula is C12H22N2O3. The summed E-state index contributed by atoms with van der Waals surface area (Å²) in [6, 6.07) is 0.203. The summed E-state index contributed by atoms with van der Waals surface area (Å²) >= 11 is 0. The van der Waals surface area contributed by atoms with E-state index in [9.17, 15) is 9.59 Å².